The van der Waals surface area contributed by atoms with Crippen molar-refractivity contribution in [3.63, 3.8) is 0 Å². The van der Waals surface area contributed by atoms with E-state index in [1.54, 1.807) is 12.4 Å². The van der Waals surface area contributed by atoms with Gasteiger partial charge in [-0.05, 0) is 35.4 Å². The van der Waals surface area contributed by atoms with Crippen LogP contribution in [-0.4, -0.2) is 27.2 Å². The van der Waals surface area contributed by atoms with Gasteiger partial charge in [0.05, 0.1) is 5.60 Å². The highest BCUT2D eigenvalue weighted by Crippen LogP contribution is 2.14. The second kappa shape index (κ2) is 5.60. The van der Waals surface area contributed by atoms with Gasteiger partial charge in [-0.3, -0.25) is 0 Å². The molecule has 1 rings (SSSR count). The minimum absolute atomic E-state index is 0.487. The van der Waals surface area contributed by atoms with E-state index in [4.69, 9.17) is 0 Å². The molecule has 0 aliphatic heterocycles. The van der Waals surface area contributed by atoms with Crippen molar-refractivity contribution in [3.8, 4) is 0 Å². The van der Waals surface area contributed by atoms with Gasteiger partial charge in [0.25, 0.3) is 0 Å². The van der Waals surface area contributed by atoms with Crippen LogP contribution >= 0.6 is 22.6 Å². The van der Waals surface area contributed by atoms with E-state index in [0.717, 1.165) is 16.4 Å². The summed E-state index contributed by atoms with van der Waals surface area (Å²) in [6.45, 7) is 4.43. The van der Waals surface area contributed by atoms with Crippen molar-refractivity contribution < 1.29 is 5.11 Å². The Morgan fingerprint density at radius 1 is 1.33 bits per heavy atom. The molecule has 0 amide bonds. The van der Waals surface area contributed by atoms with E-state index in [2.05, 4.69) is 37.9 Å². The molecule has 1 aromatic heterocycles. The molecule has 0 saturated carbocycles. The Kier molecular flexibility index (Phi) is 4.72. The number of aromatic nitrogens is 2. The molecule has 0 spiro atoms. The van der Waals surface area contributed by atoms with Gasteiger partial charge < -0.3 is 10.4 Å². The molecule has 4 nitrogen and oxygen atoms in total. The summed E-state index contributed by atoms with van der Waals surface area (Å²) in [4.78, 5) is 8.22. The summed E-state index contributed by atoms with van der Waals surface area (Å²) in [5, 5.41) is 13.1. The van der Waals surface area contributed by atoms with Gasteiger partial charge >= 0.3 is 0 Å². The van der Waals surface area contributed by atoms with Gasteiger partial charge in [-0.1, -0.05) is 13.8 Å². The average molecular weight is 321 g/mol. The molecule has 84 valence electrons. The third-order valence-electron chi connectivity index (χ3n) is 2.51. The molecule has 0 atom stereocenters. The van der Waals surface area contributed by atoms with E-state index >= 15 is 0 Å². The molecule has 0 aliphatic carbocycles. The molecule has 0 aliphatic rings. The number of nitrogens with one attached hydrogen (secondary N) is 1. The first-order valence-electron chi connectivity index (χ1n) is 5.03. The van der Waals surface area contributed by atoms with E-state index in [0.29, 0.717) is 12.5 Å². The number of nitrogens with zero attached hydrogens (tertiary/aromatic N) is 2. The topological polar surface area (TPSA) is 58.0 Å². The summed E-state index contributed by atoms with van der Waals surface area (Å²) in [5.41, 5.74) is -0.660. The lowest BCUT2D eigenvalue weighted by atomic mass is 9.98. The fraction of sp³-hybridized carbons (Fsp3) is 0.600. The van der Waals surface area contributed by atoms with Crippen LogP contribution in [-0.2, 0) is 0 Å². The zero-order valence-corrected chi connectivity index (χ0v) is 11.2. The predicted octanol–water partition coefficient (Wildman–Crippen LogP) is 2.04. The molecular weight excluding hydrogens is 305 g/mol. The highest BCUT2D eigenvalue weighted by atomic mass is 127. The molecule has 2 N–H and O–H groups in total. The fourth-order valence-corrected chi connectivity index (χ4v) is 1.43. The summed E-state index contributed by atoms with van der Waals surface area (Å²) in [7, 11) is 0. The SMILES string of the molecule is CCC(O)(CC)CNc1ncc(I)cn1. The predicted molar refractivity (Wildman–Crippen MR) is 68.8 cm³/mol. The quantitative estimate of drug-likeness (QED) is 0.815. The molecule has 0 fully saturated rings. The van der Waals surface area contributed by atoms with Crippen molar-refractivity contribution in [2.24, 2.45) is 0 Å². The van der Waals surface area contributed by atoms with Crippen LogP contribution < -0.4 is 5.32 Å². The minimum Gasteiger partial charge on any atom is -0.388 e. The Morgan fingerprint density at radius 2 is 1.87 bits per heavy atom. The van der Waals surface area contributed by atoms with Crippen LogP contribution in [0.4, 0.5) is 5.95 Å². The van der Waals surface area contributed by atoms with Gasteiger partial charge in [-0.25, -0.2) is 9.97 Å². The molecule has 0 bridgehead atoms. The van der Waals surface area contributed by atoms with Crippen LogP contribution in [0.5, 0.6) is 0 Å². The summed E-state index contributed by atoms with van der Waals surface area (Å²) >= 11 is 2.15. The van der Waals surface area contributed by atoms with E-state index in [-0.39, 0.29) is 0 Å². The fourth-order valence-electron chi connectivity index (χ4n) is 1.15. The highest BCUT2D eigenvalue weighted by Gasteiger charge is 2.21. The second-order valence-corrected chi connectivity index (χ2v) is 4.76. The first-order chi connectivity index (χ1) is 7.09. The summed E-state index contributed by atoms with van der Waals surface area (Å²) in [5.74, 6) is 0.566. The second-order valence-electron chi connectivity index (χ2n) is 3.51. The number of halogens is 1. The molecule has 1 aromatic rings. The van der Waals surface area contributed by atoms with Gasteiger partial charge in [0, 0.05) is 22.5 Å². The maximum atomic E-state index is 10.0. The van der Waals surface area contributed by atoms with E-state index in [9.17, 15) is 5.11 Å². The van der Waals surface area contributed by atoms with Gasteiger partial charge in [0.2, 0.25) is 5.95 Å². The summed E-state index contributed by atoms with van der Waals surface area (Å²) in [6, 6.07) is 0. The summed E-state index contributed by atoms with van der Waals surface area (Å²) < 4.78 is 0.999. The standard InChI is InChI=1S/C10H16IN3O/c1-3-10(15,4-2)7-14-9-12-5-8(11)6-13-9/h5-6,15H,3-4,7H2,1-2H3,(H,12,13,14). The average Bonchev–Trinajstić information content (AvgIpc) is 2.28. The number of rotatable bonds is 5. The Balaban J connectivity index is 2.53. The normalized spacial score (nSPS) is 11.5. The molecule has 0 aromatic carbocycles. The van der Waals surface area contributed by atoms with Crippen molar-refractivity contribution in [2.75, 3.05) is 11.9 Å². The first-order valence-corrected chi connectivity index (χ1v) is 6.11. The lowest BCUT2D eigenvalue weighted by Crippen LogP contribution is -2.35. The molecule has 1 heterocycles. The molecule has 0 unspecified atom stereocenters. The maximum absolute atomic E-state index is 10.0. The van der Waals surface area contributed by atoms with Crippen LogP contribution in [0, 0.1) is 3.57 Å². The lowest BCUT2D eigenvalue weighted by molar-refractivity contribution is 0.0455. The summed E-state index contributed by atoms with van der Waals surface area (Å²) in [6.07, 6.45) is 4.93. The molecule has 5 heteroatoms. The maximum Gasteiger partial charge on any atom is 0.222 e. The number of aliphatic hydroxyl groups is 1. The minimum atomic E-state index is -0.660. The van der Waals surface area contributed by atoms with Crippen molar-refractivity contribution >= 4 is 28.5 Å². The Bertz CT molecular complexity index is 298. The third-order valence-corrected chi connectivity index (χ3v) is 3.07. The van der Waals surface area contributed by atoms with Crippen LogP contribution in [0.2, 0.25) is 0 Å². The van der Waals surface area contributed by atoms with Crippen LogP contribution in [0.3, 0.4) is 0 Å². The monoisotopic (exact) mass is 321 g/mol. The van der Waals surface area contributed by atoms with Gasteiger partial charge in [0.1, 0.15) is 0 Å². The van der Waals surface area contributed by atoms with Crippen LogP contribution in [0.15, 0.2) is 12.4 Å². The number of hydrogen-bond acceptors (Lipinski definition) is 4. The Labute approximate surface area is 104 Å². The number of hydrogen-bond donors (Lipinski definition) is 2. The zero-order valence-electron chi connectivity index (χ0n) is 9.00. The van der Waals surface area contributed by atoms with Crippen molar-refractivity contribution in [3.05, 3.63) is 16.0 Å². The van der Waals surface area contributed by atoms with E-state index in [1.807, 2.05) is 13.8 Å². The highest BCUT2D eigenvalue weighted by molar-refractivity contribution is 14.1. The lowest BCUT2D eigenvalue weighted by Gasteiger charge is -2.25. The van der Waals surface area contributed by atoms with Crippen molar-refractivity contribution in [1.82, 2.24) is 9.97 Å². The van der Waals surface area contributed by atoms with Crippen LogP contribution in [0.25, 0.3) is 0 Å². The van der Waals surface area contributed by atoms with Gasteiger partial charge in [0.15, 0.2) is 0 Å². The molecular formula is C10H16IN3O. The number of anilines is 1. The zero-order chi connectivity index (χ0) is 11.3. The van der Waals surface area contributed by atoms with Crippen molar-refractivity contribution in [2.45, 2.75) is 32.3 Å². The Morgan fingerprint density at radius 3 is 2.33 bits per heavy atom. The van der Waals surface area contributed by atoms with E-state index < -0.39 is 5.60 Å². The van der Waals surface area contributed by atoms with E-state index in [1.165, 1.54) is 0 Å². The Hall–Kier alpha value is -0.430. The smallest absolute Gasteiger partial charge is 0.222 e. The van der Waals surface area contributed by atoms with Gasteiger partial charge in [-0.2, -0.15) is 0 Å². The van der Waals surface area contributed by atoms with Crippen LogP contribution in [0.1, 0.15) is 26.7 Å². The van der Waals surface area contributed by atoms with Gasteiger partial charge in [-0.15, -0.1) is 0 Å². The molecule has 0 radical (unpaired) electrons. The first kappa shape index (κ1) is 12.6. The third kappa shape index (κ3) is 3.90. The largest absolute Gasteiger partial charge is 0.388 e. The van der Waals surface area contributed by atoms with Crippen molar-refractivity contribution in [1.29, 1.82) is 0 Å². The molecule has 15 heavy (non-hydrogen) atoms. The molecule has 0 saturated heterocycles.